The monoisotopic (exact) mass is 326 g/mol. The fourth-order valence-electron chi connectivity index (χ4n) is 2.79. The Hall–Kier alpha value is -0.870. The molecule has 1 saturated heterocycles. The fraction of sp³-hybridized carbons (Fsp3) is 0.842. The second-order valence-corrected chi connectivity index (χ2v) is 6.44. The van der Waals surface area contributed by atoms with Gasteiger partial charge in [0.25, 0.3) is 0 Å². The molecule has 1 aliphatic rings. The number of methoxy groups -OCH3 is 1. The first-order valence-corrected chi connectivity index (χ1v) is 9.24. The molecule has 0 bridgehead atoms. The van der Waals surface area contributed by atoms with Crippen LogP contribution in [-0.4, -0.2) is 36.5 Å². The summed E-state index contributed by atoms with van der Waals surface area (Å²) >= 11 is 0. The molecule has 1 fully saturated rings. The fourth-order valence-corrected chi connectivity index (χ4v) is 2.79. The molecule has 0 aromatic rings. The van der Waals surface area contributed by atoms with Crippen molar-refractivity contribution in [3.63, 3.8) is 0 Å². The van der Waals surface area contributed by atoms with Gasteiger partial charge < -0.3 is 14.6 Å². The Morgan fingerprint density at radius 3 is 2.70 bits per heavy atom. The van der Waals surface area contributed by atoms with Crippen molar-refractivity contribution in [2.24, 2.45) is 0 Å². The van der Waals surface area contributed by atoms with Crippen LogP contribution in [0.2, 0.25) is 0 Å². The lowest BCUT2D eigenvalue weighted by molar-refractivity contribution is -0.140. The van der Waals surface area contributed by atoms with E-state index in [0.29, 0.717) is 6.42 Å². The maximum absolute atomic E-state index is 11.0. The lowest BCUT2D eigenvalue weighted by Gasteiger charge is -2.07. The average Bonchev–Trinajstić information content (AvgIpc) is 3.33. The largest absolute Gasteiger partial charge is 0.469 e. The summed E-state index contributed by atoms with van der Waals surface area (Å²) in [5.74, 6) is -0.137. The molecule has 4 nitrogen and oxygen atoms in total. The van der Waals surface area contributed by atoms with E-state index in [-0.39, 0.29) is 24.3 Å². The molecule has 134 valence electrons. The SMILES string of the molecule is CCCCCC=CCC1OC1C(O)CCCCCCC(=O)OC. The number of esters is 1. The van der Waals surface area contributed by atoms with Crippen molar-refractivity contribution in [3.05, 3.63) is 12.2 Å². The van der Waals surface area contributed by atoms with Crippen LogP contribution in [-0.2, 0) is 14.3 Å². The number of carbonyl (C=O) groups is 1. The number of carbonyl (C=O) groups excluding carboxylic acids is 1. The van der Waals surface area contributed by atoms with Crippen molar-refractivity contribution >= 4 is 5.97 Å². The maximum Gasteiger partial charge on any atom is 0.305 e. The molecule has 1 rings (SSSR count). The molecule has 0 amide bonds. The van der Waals surface area contributed by atoms with E-state index in [1.165, 1.54) is 26.4 Å². The summed E-state index contributed by atoms with van der Waals surface area (Å²) in [5, 5.41) is 10.1. The smallest absolute Gasteiger partial charge is 0.305 e. The third-order valence-corrected chi connectivity index (χ3v) is 4.37. The minimum absolute atomic E-state index is 0.0327. The lowest BCUT2D eigenvalue weighted by Crippen LogP contribution is -2.16. The van der Waals surface area contributed by atoms with E-state index in [2.05, 4.69) is 23.8 Å². The normalized spacial score (nSPS) is 21.5. The molecule has 23 heavy (non-hydrogen) atoms. The first-order chi connectivity index (χ1) is 11.2. The van der Waals surface area contributed by atoms with Crippen molar-refractivity contribution in [1.82, 2.24) is 0 Å². The van der Waals surface area contributed by atoms with E-state index < -0.39 is 0 Å². The highest BCUT2D eigenvalue weighted by atomic mass is 16.6. The van der Waals surface area contributed by atoms with Crippen LogP contribution in [0, 0.1) is 0 Å². The molecular weight excluding hydrogens is 292 g/mol. The molecule has 0 saturated carbocycles. The lowest BCUT2D eigenvalue weighted by atomic mass is 10.0. The van der Waals surface area contributed by atoms with Crippen LogP contribution in [0.4, 0.5) is 0 Å². The zero-order valence-electron chi connectivity index (χ0n) is 14.8. The summed E-state index contributed by atoms with van der Waals surface area (Å²) in [5.41, 5.74) is 0. The zero-order chi connectivity index (χ0) is 16.9. The molecule has 0 radical (unpaired) electrons. The van der Waals surface area contributed by atoms with Crippen molar-refractivity contribution in [1.29, 1.82) is 0 Å². The Balaban J connectivity index is 1.94. The minimum atomic E-state index is -0.339. The van der Waals surface area contributed by atoms with Gasteiger partial charge in [-0.2, -0.15) is 0 Å². The number of ether oxygens (including phenoxy) is 2. The van der Waals surface area contributed by atoms with Crippen molar-refractivity contribution in [3.8, 4) is 0 Å². The molecule has 0 aromatic carbocycles. The van der Waals surface area contributed by atoms with E-state index in [1.54, 1.807) is 0 Å². The van der Waals surface area contributed by atoms with Gasteiger partial charge in [0.1, 0.15) is 6.10 Å². The van der Waals surface area contributed by atoms with Gasteiger partial charge in [-0.25, -0.2) is 0 Å². The molecule has 1 heterocycles. The number of unbranched alkanes of at least 4 members (excludes halogenated alkanes) is 6. The molecule has 0 aromatic heterocycles. The quantitative estimate of drug-likeness (QED) is 0.225. The van der Waals surface area contributed by atoms with E-state index in [0.717, 1.165) is 44.9 Å². The van der Waals surface area contributed by atoms with Crippen LogP contribution in [0.25, 0.3) is 0 Å². The third-order valence-electron chi connectivity index (χ3n) is 4.37. The summed E-state index contributed by atoms with van der Waals surface area (Å²) in [4.78, 5) is 11.0. The Labute approximate surface area is 141 Å². The van der Waals surface area contributed by atoms with Gasteiger partial charge in [-0.05, 0) is 32.1 Å². The molecule has 1 N–H and O–H groups in total. The Morgan fingerprint density at radius 2 is 1.96 bits per heavy atom. The van der Waals surface area contributed by atoms with Crippen LogP contribution in [0.15, 0.2) is 12.2 Å². The number of epoxide rings is 1. The summed E-state index contributed by atoms with van der Waals surface area (Å²) in [7, 11) is 1.42. The standard InChI is InChI=1S/C19H34O4/c1-3-4-5-6-7-11-14-17-19(23-17)16(20)13-10-8-9-12-15-18(21)22-2/h7,11,16-17,19-20H,3-6,8-10,12-15H2,1-2H3. The van der Waals surface area contributed by atoms with Crippen LogP contribution >= 0.6 is 0 Å². The highest BCUT2D eigenvalue weighted by Gasteiger charge is 2.42. The molecule has 3 atom stereocenters. The van der Waals surface area contributed by atoms with Gasteiger partial charge in [-0.1, -0.05) is 51.2 Å². The van der Waals surface area contributed by atoms with Gasteiger partial charge >= 0.3 is 5.97 Å². The predicted molar refractivity (Wildman–Crippen MR) is 92.3 cm³/mol. The summed E-state index contributed by atoms with van der Waals surface area (Å²) < 4.78 is 10.2. The molecule has 0 spiro atoms. The van der Waals surface area contributed by atoms with E-state index in [1.807, 2.05) is 0 Å². The highest BCUT2D eigenvalue weighted by molar-refractivity contribution is 5.68. The van der Waals surface area contributed by atoms with E-state index in [4.69, 9.17) is 4.74 Å². The van der Waals surface area contributed by atoms with Gasteiger partial charge in [-0.3, -0.25) is 4.79 Å². The van der Waals surface area contributed by atoms with E-state index in [9.17, 15) is 9.90 Å². The van der Waals surface area contributed by atoms with Gasteiger partial charge in [0, 0.05) is 6.42 Å². The van der Waals surface area contributed by atoms with Crippen molar-refractivity contribution < 1.29 is 19.4 Å². The number of hydrogen-bond acceptors (Lipinski definition) is 4. The molecule has 4 heteroatoms. The number of aliphatic hydroxyl groups excluding tert-OH is 1. The predicted octanol–water partition coefficient (Wildman–Crippen LogP) is 4.15. The van der Waals surface area contributed by atoms with Gasteiger partial charge in [0.05, 0.1) is 19.3 Å². The number of aliphatic hydroxyl groups is 1. The first-order valence-electron chi connectivity index (χ1n) is 9.24. The molecule has 0 aliphatic carbocycles. The molecule has 3 unspecified atom stereocenters. The van der Waals surface area contributed by atoms with Crippen LogP contribution in [0.5, 0.6) is 0 Å². The van der Waals surface area contributed by atoms with E-state index >= 15 is 0 Å². The zero-order valence-corrected chi connectivity index (χ0v) is 14.8. The summed E-state index contributed by atoms with van der Waals surface area (Å²) in [6, 6.07) is 0. The Kier molecular flexibility index (Phi) is 11.0. The Bertz CT molecular complexity index is 340. The highest BCUT2D eigenvalue weighted by Crippen LogP contribution is 2.31. The Morgan fingerprint density at radius 1 is 1.17 bits per heavy atom. The van der Waals surface area contributed by atoms with Crippen LogP contribution in [0.1, 0.15) is 77.6 Å². The maximum atomic E-state index is 11.0. The summed E-state index contributed by atoms with van der Waals surface area (Å²) in [6.45, 7) is 2.22. The summed E-state index contributed by atoms with van der Waals surface area (Å²) in [6.07, 6.45) is 15.4. The van der Waals surface area contributed by atoms with Crippen LogP contribution in [0.3, 0.4) is 0 Å². The van der Waals surface area contributed by atoms with Crippen LogP contribution < -0.4 is 0 Å². The minimum Gasteiger partial charge on any atom is -0.469 e. The number of rotatable bonds is 14. The van der Waals surface area contributed by atoms with Crippen molar-refractivity contribution in [2.45, 2.75) is 95.9 Å². The second kappa shape index (κ2) is 12.5. The topological polar surface area (TPSA) is 59.1 Å². The first kappa shape index (κ1) is 20.2. The van der Waals surface area contributed by atoms with Gasteiger partial charge in [0.2, 0.25) is 0 Å². The molecular formula is C19H34O4. The van der Waals surface area contributed by atoms with Crippen molar-refractivity contribution in [2.75, 3.05) is 7.11 Å². The average molecular weight is 326 g/mol. The van der Waals surface area contributed by atoms with Gasteiger partial charge in [-0.15, -0.1) is 0 Å². The second-order valence-electron chi connectivity index (χ2n) is 6.44. The van der Waals surface area contributed by atoms with Gasteiger partial charge in [0.15, 0.2) is 0 Å². The number of hydrogen-bond donors (Lipinski definition) is 1. The molecule has 1 aliphatic heterocycles. The number of allylic oxidation sites excluding steroid dienone is 1. The third kappa shape index (κ3) is 9.77.